The molecule has 228 valence electrons. The Balaban J connectivity index is 0.000000344. The largest absolute Gasteiger partial charge is 0.477 e. The highest BCUT2D eigenvalue weighted by Gasteiger charge is 2.18. The minimum Gasteiger partial charge on any atom is -0.477 e. The predicted molar refractivity (Wildman–Crippen MR) is 163 cm³/mol. The number of aromatic carboxylic acids is 1. The number of fused-ring (bicyclic) bond motifs is 1. The van der Waals surface area contributed by atoms with Gasteiger partial charge in [0.1, 0.15) is 17.1 Å². The average molecular weight is 602 g/mol. The molecule has 0 bridgehead atoms. The highest BCUT2D eigenvalue weighted by Crippen LogP contribution is 2.13. The maximum Gasteiger partial charge on any atom is 0.354 e. The van der Waals surface area contributed by atoms with Gasteiger partial charge < -0.3 is 31.9 Å². The monoisotopic (exact) mass is 601 g/mol. The van der Waals surface area contributed by atoms with Crippen LogP contribution in [0.1, 0.15) is 55.5 Å². The van der Waals surface area contributed by atoms with E-state index in [2.05, 4.69) is 25.5 Å². The maximum atomic E-state index is 12.5. The molecule has 0 spiro atoms. The summed E-state index contributed by atoms with van der Waals surface area (Å²) < 4.78 is 5.68. The SMILES string of the molecule is C.COC(=O)c1ccc(CN)cc1.Nc1c(NCc2cccc(CNC(=O)c3cc(C(=O)O)n4nccc4n3)c2)c(=O)c1=O. The summed E-state index contributed by atoms with van der Waals surface area (Å²) in [5, 5.41) is 18.7. The number of anilines is 2. The molecule has 0 radical (unpaired) electrons. The van der Waals surface area contributed by atoms with Gasteiger partial charge in [-0.25, -0.2) is 19.1 Å². The molecular formula is C30H31N7O7. The number of hydrogen-bond acceptors (Lipinski definition) is 11. The first-order valence-electron chi connectivity index (χ1n) is 12.8. The number of ether oxygens (including phenoxy) is 1. The van der Waals surface area contributed by atoms with Crippen molar-refractivity contribution in [1.82, 2.24) is 19.9 Å². The number of nitrogens with two attached hydrogens (primary N) is 2. The van der Waals surface area contributed by atoms with Gasteiger partial charge in [0.2, 0.25) is 0 Å². The molecule has 0 unspecified atom stereocenters. The number of carbonyl (C=O) groups excluding carboxylic acids is 2. The van der Waals surface area contributed by atoms with Gasteiger partial charge in [0.05, 0.1) is 18.9 Å². The molecule has 1 amide bonds. The second kappa shape index (κ2) is 14.3. The van der Waals surface area contributed by atoms with Crippen LogP contribution in [0.25, 0.3) is 5.65 Å². The average Bonchev–Trinajstić information content (AvgIpc) is 3.52. The summed E-state index contributed by atoms with van der Waals surface area (Å²) in [6.07, 6.45) is 1.40. The van der Waals surface area contributed by atoms with Gasteiger partial charge >= 0.3 is 11.9 Å². The highest BCUT2D eigenvalue weighted by atomic mass is 16.5. The van der Waals surface area contributed by atoms with Gasteiger partial charge in [-0.1, -0.05) is 43.8 Å². The predicted octanol–water partition coefficient (Wildman–Crippen LogP) is 1.72. The quantitative estimate of drug-likeness (QED) is 0.120. The number of carbonyl (C=O) groups is 3. The van der Waals surface area contributed by atoms with Crippen LogP contribution in [0, 0.1) is 0 Å². The van der Waals surface area contributed by atoms with Crippen LogP contribution in [0.4, 0.5) is 11.4 Å². The van der Waals surface area contributed by atoms with Crippen molar-refractivity contribution >= 4 is 34.9 Å². The van der Waals surface area contributed by atoms with Crippen LogP contribution in [0.15, 0.2) is 76.4 Å². The molecule has 0 saturated heterocycles. The third-order valence-corrected chi connectivity index (χ3v) is 6.28. The van der Waals surface area contributed by atoms with Crippen LogP contribution in [0.2, 0.25) is 0 Å². The topological polar surface area (TPSA) is 221 Å². The van der Waals surface area contributed by atoms with Gasteiger partial charge in [-0.15, -0.1) is 0 Å². The van der Waals surface area contributed by atoms with E-state index in [9.17, 15) is 29.1 Å². The molecule has 0 atom stereocenters. The minimum atomic E-state index is -1.23. The Morgan fingerprint density at radius 1 is 0.955 bits per heavy atom. The van der Waals surface area contributed by atoms with E-state index in [1.165, 1.54) is 19.4 Å². The molecule has 3 aromatic carbocycles. The third-order valence-electron chi connectivity index (χ3n) is 6.28. The van der Waals surface area contributed by atoms with Gasteiger partial charge in [0.15, 0.2) is 11.3 Å². The first kappa shape index (κ1) is 32.6. The maximum absolute atomic E-state index is 12.5. The van der Waals surface area contributed by atoms with Crippen molar-refractivity contribution < 1.29 is 24.2 Å². The first-order valence-corrected chi connectivity index (χ1v) is 12.8. The molecule has 2 heterocycles. The number of benzene rings is 2. The fraction of sp³-hybridized carbons (Fsp3) is 0.167. The standard InChI is InChI=1S/C20H16N6O5.C9H11NO2.CH4/c21-15-16(18(28)17(15)27)22-8-10-2-1-3-11(6-10)9-23-19(29)12-7-13(20(30)31)26-14(25-12)4-5-24-26;1-12-9(11)8-4-2-7(6-10)3-5-8;/h1-7,22H,8-9,21H2,(H,23,29)(H,30,31);2-5H,6,10H2,1H3;1H4. The molecule has 0 aliphatic carbocycles. The lowest BCUT2D eigenvalue weighted by Crippen LogP contribution is -2.36. The number of amides is 1. The Hall–Kier alpha value is -5.89. The van der Waals surface area contributed by atoms with E-state index in [1.807, 2.05) is 24.3 Å². The Labute approximate surface area is 251 Å². The van der Waals surface area contributed by atoms with Crippen molar-refractivity contribution in [3.63, 3.8) is 0 Å². The van der Waals surface area contributed by atoms with Crippen LogP contribution < -0.4 is 33.0 Å². The summed E-state index contributed by atoms with van der Waals surface area (Å²) in [6.45, 7) is 0.934. The number of carboxylic acids is 1. The molecule has 5 rings (SSSR count). The van der Waals surface area contributed by atoms with Crippen LogP contribution in [-0.2, 0) is 24.4 Å². The van der Waals surface area contributed by atoms with Gasteiger partial charge in [-0.05, 0) is 28.8 Å². The van der Waals surface area contributed by atoms with E-state index >= 15 is 0 Å². The molecule has 44 heavy (non-hydrogen) atoms. The van der Waals surface area contributed by atoms with E-state index < -0.39 is 22.7 Å². The van der Waals surface area contributed by atoms with Crippen molar-refractivity contribution in [3.8, 4) is 0 Å². The number of rotatable bonds is 9. The number of hydrogen-bond donors (Lipinski definition) is 5. The molecule has 0 aliphatic heterocycles. The van der Waals surface area contributed by atoms with Crippen molar-refractivity contribution in [3.05, 3.63) is 121 Å². The summed E-state index contributed by atoms with van der Waals surface area (Å²) in [5.41, 5.74) is 12.8. The van der Waals surface area contributed by atoms with E-state index in [4.69, 9.17) is 11.5 Å². The fourth-order valence-electron chi connectivity index (χ4n) is 3.97. The summed E-state index contributed by atoms with van der Waals surface area (Å²) in [7, 11) is 1.36. The van der Waals surface area contributed by atoms with Crippen molar-refractivity contribution in [2.24, 2.45) is 5.73 Å². The van der Waals surface area contributed by atoms with E-state index in [-0.39, 0.29) is 54.9 Å². The summed E-state index contributed by atoms with van der Waals surface area (Å²) in [5.74, 6) is -2.09. The van der Waals surface area contributed by atoms with Crippen LogP contribution >= 0.6 is 0 Å². The Kier molecular flexibility index (Phi) is 10.6. The zero-order valence-electron chi connectivity index (χ0n) is 22.9. The van der Waals surface area contributed by atoms with Crippen LogP contribution in [-0.4, -0.2) is 44.7 Å². The fourth-order valence-corrected chi connectivity index (χ4v) is 3.97. The molecule has 14 heteroatoms. The third kappa shape index (κ3) is 7.30. The number of methoxy groups -OCH3 is 1. The number of carboxylic acid groups (broad SMARTS) is 1. The van der Waals surface area contributed by atoms with Crippen LogP contribution in [0.5, 0.6) is 0 Å². The molecule has 5 aromatic rings. The lowest BCUT2D eigenvalue weighted by molar-refractivity contribution is 0.0599. The molecule has 0 fully saturated rings. The molecule has 0 aliphatic rings. The van der Waals surface area contributed by atoms with E-state index in [0.29, 0.717) is 12.1 Å². The van der Waals surface area contributed by atoms with Gasteiger partial charge in [0.25, 0.3) is 16.8 Å². The summed E-state index contributed by atoms with van der Waals surface area (Å²) in [4.78, 5) is 61.6. The lowest BCUT2D eigenvalue weighted by atomic mass is 10.1. The van der Waals surface area contributed by atoms with Crippen molar-refractivity contribution in [2.75, 3.05) is 18.2 Å². The molecule has 0 saturated carbocycles. The number of nitrogen functional groups attached to an aromatic ring is 1. The Morgan fingerprint density at radius 2 is 1.64 bits per heavy atom. The van der Waals surface area contributed by atoms with Gasteiger partial charge in [-0.2, -0.15) is 5.10 Å². The minimum absolute atomic E-state index is 0. The normalized spacial score (nSPS) is 10.3. The van der Waals surface area contributed by atoms with Gasteiger partial charge in [0, 0.05) is 31.8 Å². The number of aromatic nitrogens is 3. The molecular weight excluding hydrogens is 570 g/mol. The zero-order valence-corrected chi connectivity index (χ0v) is 22.9. The second-order valence-corrected chi connectivity index (χ2v) is 9.13. The summed E-state index contributed by atoms with van der Waals surface area (Å²) in [6, 6.07) is 16.9. The first-order chi connectivity index (χ1) is 20.6. The highest BCUT2D eigenvalue weighted by molar-refractivity contribution is 5.96. The smallest absolute Gasteiger partial charge is 0.354 e. The van der Waals surface area contributed by atoms with E-state index in [1.54, 1.807) is 24.3 Å². The Morgan fingerprint density at radius 3 is 2.25 bits per heavy atom. The summed E-state index contributed by atoms with van der Waals surface area (Å²) >= 11 is 0. The number of nitrogens with zero attached hydrogens (tertiary/aromatic N) is 3. The van der Waals surface area contributed by atoms with Crippen molar-refractivity contribution in [2.45, 2.75) is 27.1 Å². The van der Waals surface area contributed by atoms with Crippen molar-refractivity contribution in [1.29, 1.82) is 0 Å². The van der Waals surface area contributed by atoms with Gasteiger partial charge in [-0.3, -0.25) is 14.4 Å². The molecule has 2 aromatic heterocycles. The van der Waals surface area contributed by atoms with Crippen LogP contribution in [0.3, 0.4) is 0 Å². The zero-order chi connectivity index (χ0) is 31.1. The number of nitrogens with one attached hydrogen (secondary N) is 2. The molecule has 7 N–H and O–H groups in total. The second-order valence-electron chi connectivity index (χ2n) is 9.13. The lowest BCUT2D eigenvalue weighted by Gasteiger charge is -2.11. The van der Waals surface area contributed by atoms with E-state index in [0.717, 1.165) is 27.3 Å². The Bertz CT molecular complexity index is 1870. The molecule has 14 nitrogen and oxygen atoms in total. The number of esters is 1.